The molecule has 2 aliphatic rings. The molecule has 0 aromatic carbocycles. The van der Waals surface area contributed by atoms with Gasteiger partial charge < -0.3 is 66.4 Å². The number of aliphatic carboxylic acids is 2. The SMILES string of the molecule is C=C(C)C(=O)OCC[N+](C)(C)CCC(=O)ON1C(=O)CCC1=O.C=C(C)C(=O)OCC[N+](C)(C)CCC(=O)[O-].CCC(C)(CCC(C)C(=O)OCC[N+](C)(C)CCC(=O)ON1C(=O)CCC1=O)C(=O)OCC[N+](C)(C)CCC(=O)[O-]. The van der Waals surface area contributed by atoms with Gasteiger partial charge in [0, 0.05) is 61.6 Å². The van der Waals surface area contributed by atoms with Crippen molar-refractivity contribution in [2.45, 2.75) is 105 Å². The van der Waals surface area contributed by atoms with Gasteiger partial charge in [0.1, 0.15) is 52.6 Å². The third-order valence-electron chi connectivity index (χ3n) is 13.3. The molecule has 26 heteroatoms. The van der Waals surface area contributed by atoms with E-state index in [0.717, 1.165) is 0 Å². The predicted molar refractivity (Wildman–Crippen MR) is 280 cm³/mol. The molecule has 2 saturated heterocycles. The average Bonchev–Trinajstić information content (AvgIpc) is 3.85. The highest BCUT2D eigenvalue weighted by atomic mass is 16.7. The number of carbonyl (C=O) groups is 12. The zero-order chi connectivity index (χ0) is 61.8. The van der Waals surface area contributed by atoms with Crippen molar-refractivity contribution < 1.29 is 114 Å². The summed E-state index contributed by atoms with van der Waals surface area (Å²) in [4.78, 5) is 148. The first-order valence-electron chi connectivity index (χ1n) is 26.6. The molecule has 2 aliphatic heterocycles. The molecule has 80 heavy (non-hydrogen) atoms. The second-order valence-corrected chi connectivity index (χ2v) is 22.9. The quantitative estimate of drug-likeness (QED) is 0.0262. The molecule has 0 aromatic heterocycles. The number of nitrogens with zero attached hydrogens (tertiary/aromatic N) is 6. The van der Waals surface area contributed by atoms with E-state index in [1.54, 1.807) is 20.8 Å². The maximum atomic E-state index is 12.8. The Bertz CT molecular complexity index is 2190. The van der Waals surface area contributed by atoms with E-state index in [9.17, 15) is 67.7 Å². The van der Waals surface area contributed by atoms with Crippen LogP contribution in [0.25, 0.3) is 0 Å². The van der Waals surface area contributed by atoms with Crippen LogP contribution in [0.5, 0.6) is 0 Å². The van der Waals surface area contributed by atoms with Crippen LogP contribution in [-0.2, 0) is 86.2 Å². The second kappa shape index (κ2) is 34.5. The summed E-state index contributed by atoms with van der Waals surface area (Å²) < 4.78 is 22.5. The van der Waals surface area contributed by atoms with Gasteiger partial charge in [-0.1, -0.05) is 27.0 Å². The number of ether oxygens (including phenoxy) is 4. The highest BCUT2D eigenvalue weighted by Gasteiger charge is 2.36. The minimum Gasteiger partial charge on any atom is -0.550 e. The summed E-state index contributed by atoms with van der Waals surface area (Å²) in [6.07, 6.45) is 1.57. The van der Waals surface area contributed by atoms with Crippen molar-refractivity contribution in [1.82, 2.24) is 10.1 Å². The molecule has 2 fully saturated rings. The molecule has 2 atom stereocenters. The van der Waals surface area contributed by atoms with Gasteiger partial charge in [0.15, 0.2) is 0 Å². The Kier molecular flexibility index (Phi) is 31.6. The van der Waals surface area contributed by atoms with Crippen LogP contribution in [-0.4, -0.2) is 235 Å². The van der Waals surface area contributed by atoms with Crippen LogP contribution in [0.4, 0.5) is 0 Å². The molecular formula is C54H90N6O20+2. The van der Waals surface area contributed by atoms with Crippen molar-refractivity contribution in [1.29, 1.82) is 0 Å². The van der Waals surface area contributed by atoms with Gasteiger partial charge in [-0.3, -0.25) is 28.8 Å². The van der Waals surface area contributed by atoms with Crippen LogP contribution in [0, 0.1) is 11.3 Å². The van der Waals surface area contributed by atoms with E-state index in [2.05, 4.69) is 13.2 Å². The lowest BCUT2D eigenvalue weighted by Crippen LogP contribution is -2.45. The van der Waals surface area contributed by atoms with Gasteiger partial charge in [-0.05, 0) is 40.0 Å². The molecule has 0 aliphatic carbocycles. The molecule has 2 unspecified atom stereocenters. The van der Waals surface area contributed by atoms with Crippen molar-refractivity contribution in [3.63, 3.8) is 0 Å². The highest BCUT2D eigenvalue weighted by molar-refractivity contribution is 6.02. The molecule has 0 N–H and O–H groups in total. The number of rotatable bonds is 34. The number of hydroxylamine groups is 4. The van der Waals surface area contributed by atoms with Gasteiger partial charge in [0.05, 0.1) is 107 Å². The minimum absolute atomic E-state index is 0.00142. The monoisotopic (exact) mass is 1140 g/mol. The fourth-order valence-corrected chi connectivity index (χ4v) is 6.82. The Hall–Kier alpha value is -6.64. The first-order valence-corrected chi connectivity index (χ1v) is 26.6. The standard InChI is InChI=1S/C28H48N3O10.C15H23N2O6.C11H19NO4/c1-8-28(3,27(38)40-20-18-30(4,5)15-12-24(34)35)14-11-21(2)26(37)39-19-17-31(6,7)16-13-25(36)41-29-22(32)9-10-23(29)33;1-11(2)15(21)22-10-9-17(3,4)8-7-14(20)23-16-12(18)5-6-13(16)19;1-9(2)11(15)16-8-7-12(3,4)6-5-10(13)14/h21H,8-20H2,1-7H3;1,5-10H2,2-4H3;1,5-8H2,2-4H3/q2*+1;. The number of hydrogen-bond acceptors (Lipinski definition) is 20. The normalized spacial score (nSPS) is 14.8. The third-order valence-corrected chi connectivity index (χ3v) is 13.3. The molecule has 454 valence electrons. The van der Waals surface area contributed by atoms with Crippen LogP contribution in [0.2, 0.25) is 0 Å². The number of esters is 4. The number of hydrogen-bond donors (Lipinski definition) is 0. The maximum Gasteiger partial charge on any atom is 0.338 e. The lowest BCUT2D eigenvalue weighted by atomic mass is 9.81. The molecule has 0 aromatic rings. The minimum atomic E-state index is -1.11. The Labute approximate surface area is 470 Å². The van der Waals surface area contributed by atoms with Gasteiger partial charge >= 0.3 is 35.8 Å². The predicted octanol–water partition coefficient (Wildman–Crippen LogP) is -0.303. The molecule has 0 saturated carbocycles. The number of quaternary nitrogens is 4. The van der Waals surface area contributed by atoms with E-state index in [0.29, 0.717) is 111 Å². The van der Waals surface area contributed by atoms with E-state index in [1.165, 1.54) is 0 Å². The topological polar surface area (TPSA) is 313 Å². The smallest absolute Gasteiger partial charge is 0.338 e. The Morgan fingerprint density at radius 2 is 0.825 bits per heavy atom. The van der Waals surface area contributed by atoms with Crippen LogP contribution < -0.4 is 10.2 Å². The van der Waals surface area contributed by atoms with Crippen molar-refractivity contribution in [3.05, 3.63) is 24.3 Å². The largest absolute Gasteiger partial charge is 0.550 e. The maximum absolute atomic E-state index is 12.8. The first kappa shape index (κ1) is 73.4. The molecule has 2 heterocycles. The second-order valence-electron chi connectivity index (χ2n) is 22.9. The fourth-order valence-electron chi connectivity index (χ4n) is 6.82. The van der Waals surface area contributed by atoms with Gasteiger partial charge in [0.2, 0.25) is 0 Å². The lowest BCUT2D eigenvalue weighted by Gasteiger charge is -2.31. The van der Waals surface area contributed by atoms with Crippen molar-refractivity contribution >= 4 is 71.4 Å². The summed E-state index contributed by atoms with van der Waals surface area (Å²) in [6, 6.07) is 0. The van der Waals surface area contributed by atoms with Gasteiger partial charge in [-0.2, -0.15) is 0 Å². The zero-order valence-corrected chi connectivity index (χ0v) is 49.6. The van der Waals surface area contributed by atoms with Crippen molar-refractivity contribution in [3.8, 4) is 0 Å². The van der Waals surface area contributed by atoms with E-state index in [4.69, 9.17) is 28.6 Å². The molecule has 26 nitrogen and oxygen atoms in total. The Morgan fingerprint density at radius 3 is 1.12 bits per heavy atom. The van der Waals surface area contributed by atoms with Gasteiger partial charge in [0.25, 0.3) is 23.6 Å². The van der Waals surface area contributed by atoms with Crippen molar-refractivity contribution in [2.24, 2.45) is 11.3 Å². The summed E-state index contributed by atoms with van der Waals surface area (Å²) >= 11 is 0. The lowest BCUT2D eigenvalue weighted by molar-refractivity contribution is -0.890. The van der Waals surface area contributed by atoms with Crippen LogP contribution >= 0.6 is 0 Å². The third kappa shape index (κ3) is 31.2. The molecular weight excluding hydrogens is 1050 g/mol. The molecule has 2 rings (SSSR count). The van der Waals surface area contributed by atoms with E-state index >= 15 is 0 Å². The van der Waals surface area contributed by atoms with Crippen molar-refractivity contribution in [2.75, 3.05) is 135 Å². The molecule has 4 amide bonds. The first-order chi connectivity index (χ1) is 36.8. The molecule has 0 spiro atoms. The summed E-state index contributed by atoms with van der Waals surface area (Å²) in [5, 5.41) is 22.1. The Morgan fingerprint density at radius 1 is 0.525 bits per heavy atom. The number of amides is 4. The zero-order valence-electron chi connectivity index (χ0n) is 49.6. The average molecular weight is 1140 g/mol. The number of carbonyl (C=O) groups excluding carboxylic acids is 12. The van der Waals surface area contributed by atoms with Crippen LogP contribution in [0.1, 0.15) is 105 Å². The van der Waals surface area contributed by atoms with E-state index in [-0.39, 0.29) is 89.7 Å². The molecule has 0 bridgehead atoms. The number of carboxylic acid groups (broad SMARTS) is 2. The summed E-state index contributed by atoms with van der Waals surface area (Å²) in [5.41, 5.74) is -0.0760. The van der Waals surface area contributed by atoms with Gasteiger partial charge in [-0.15, -0.1) is 10.1 Å². The number of likely N-dealkylation sites (N-methyl/N-ethyl adjacent to an activating group) is 4. The molecule has 0 radical (unpaired) electrons. The fraction of sp³-hybridized carbons (Fsp3) is 0.704. The summed E-state index contributed by atoms with van der Waals surface area (Å²) in [5.74, 6) is -7.58. The van der Waals surface area contributed by atoms with Crippen LogP contribution in [0.15, 0.2) is 24.3 Å². The highest BCUT2D eigenvalue weighted by Crippen LogP contribution is 2.31. The van der Waals surface area contributed by atoms with Gasteiger partial charge in [-0.25, -0.2) is 19.2 Å². The number of carboxylic acids is 2. The van der Waals surface area contributed by atoms with E-state index in [1.807, 2.05) is 70.2 Å². The van der Waals surface area contributed by atoms with E-state index < -0.39 is 70.8 Å². The Balaban J connectivity index is 0.00000133. The summed E-state index contributed by atoms with van der Waals surface area (Å²) in [6.45, 7) is 19.9. The number of imide groups is 2. The summed E-state index contributed by atoms with van der Waals surface area (Å²) in [7, 11) is 14.9. The van der Waals surface area contributed by atoms with Crippen LogP contribution in [0.3, 0.4) is 0 Å².